The molecule has 32 heavy (non-hydrogen) atoms. The topological polar surface area (TPSA) is 55.6 Å². The number of carbonyl (C=O) groups excluding carboxylic acids is 1. The van der Waals surface area contributed by atoms with Crippen molar-refractivity contribution in [1.29, 1.82) is 0 Å². The van der Waals surface area contributed by atoms with Crippen molar-refractivity contribution in [3.8, 4) is 11.4 Å². The molecule has 1 fully saturated rings. The molecule has 1 aliphatic rings. The largest absolute Gasteiger partial charge is 0.484 e. The lowest BCUT2D eigenvalue weighted by atomic mass is 10.2. The Morgan fingerprint density at radius 3 is 2.53 bits per heavy atom. The molecule has 0 bridgehead atoms. The molecule has 0 spiro atoms. The van der Waals surface area contributed by atoms with Crippen LogP contribution < -0.4 is 10.2 Å². The molecule has 4 rings (SSSR count). The number of aromatic nitrogens is 1. The molecule has 1 saturated heterocycles. The molecular formula is C24H24ClN3O2S2. The molecule has 0 radical (unpaired) electrons. The maximum atomic E-state index is 12.1. The fraction of sp³-hybridized carbons (Fsp3) is 0.250. The Labute approximate surface area is 201 Å². The zero-order valence-corrected chi connectivity index (χ0v) is 20.3. The number of ether oxygens (including phenoxy) is 1. The summed E-state index contributed by atoms with van der Waals surface area (Å²) < 4.78 is 8.21. The van der Waals surface area contributed by atoms with Gasteiger partial charge in [-0.2, -0.15) is 5.10 Å². The van der Waals surface area contributed by atoms with Crippen molar-refractivity contribution >= 4 is 47.2 Å². The highest BCUT2D eigenvalue weighted by atomic mass is 35.5. The van der Waals surface area contributed by atoms with Crippen LogP contribution in [0.3, 0.4) is 0 Å². The Bertz CT molecular complexity index is 1110. The molecule has 2 heterocycles. The molecule has 1 aromatic heterocycles. The lowest BCUT2D eigenvalue weighted by Crippen LogP contribution is -2.24. The number of halogens is 1. The Balaban J connectivity index is 1.31. The van der Waals surface area contributed by atoms with E-state index in [4.69, 9.17) is 16.3 Å². The molecule has 0 atom stereocenters. The molecule has 0 unspecified atom stereocenters. The minimum absolute atomic E-state index is 0.0899. The van der Waals surface area contributed by atoms with Gasteiger partial charge in [-0.05, 0) is 61.9 Å². The maximum Gasteiger partial charge on any atom is 0.277 e. The molecule has 5 nitrogen and oxygen atoms in total. The highest BCUT2D eigenvalue weighted by Crippen LogP contribution is 2.45. The second-order valence-electron chi connectivity index (χ2n) is 7.36. The number of amides is 1. The zero-order chi connectivity index (χ0) is 22.5. The first-order valence-electron chi connectivity index (χ1n) is 10.2. The second-order valence-corrected chi connectivity index (χ2v) is 10.5. The average molecular weight is 486 g/mol. The van der Waals surface area contributed by atoms with E-state index < -0.39 is 0 Å². The molecule has 1 amide bonds. The summed E-state index contributed by atoms with van der Waals surface area (Å²) in [6.45, 7) is 3.95. The first kappa shape index (κ1) is 22.8. The first-order valence-corrected chi connectivity index (χ1v) is 12.7. The third kappa shape index (κ3) is 5.52. The minimum atomic E-state index is -0.307. The standard InChI is InChI=1S/C24H24ClN3O2S2/c1-16-13-19(17(2)28(16)21-7-5-20(25)6-8-21)14-26-27-23(29)15-30-22-9-3-18(4-10-22)24-31-11-12-32-24/h3-10,13-14,24H,11-12,15H2,1-2H3,(H,27,29)/b26-14+. The SMILES string of the molecule is Cc1cc(/C=N/NC(=O)COc2ccc(C3SCCS3)cc2)c(C)n1-c1ccc(Cl)cc1. The van der Waals surface area contributed by atoms with E-state index in [9.17, 15) is 4.79 Å². The molecular weight excluding hydrogens is 462 g/mol. The number of aryl methyl sites for hydroxylation is 1. The molecule has 0 saturated carbocycles. The van der Waals surface area contributed by atoms with Crippen molar-refractivity contribution in [1.82, 2.24) is 9.99 Å². The van der Waals surface area contributed by atoms with Crippen molar-refractivity contribution in [2.24, 2.45) is 5.10 Å². The summed E-state index contributed by atoms with van der Waals surface area (Å²) in [5.41, 5.74) is 7.87. The van der Waals surface area contributed by atoms with Gasteiger partial charge < -0.3 is 9.30 Å². The summed E-state index contributed by atoms with van der Waals surface area (Å²) in [5, 5.41) is 4.80. The van der Waals surface area contributed by atoms with E-state index in [-0.39, 0.29) is 12.5 Å². The fourth-order valence-corrected chi connectivity index (χ4v) is 6.52. The Morgan fingerprint density at radius 2 is 1.84 bits per heavy atom. The number of benzene rings is 2. The predicted molar refractivity (Wildman–Crippen MR) is 136 cm³/mol. The number of thioether (sulfide) groups is 2. The van der Waals surface area contributed by atoms with Crippen LogP contribution in [0, 0.1) is 13.8 Å². The van der Waals surface area contributed by atoms with Gasteiger partial charge in [-0.25, -0.2) is 5.43 Å². The first-order chi connectivity index (χ1) is 15.5. The quantitative estimate of drug-likeness (QED) is 0.341. The van der Waals surface area contributed by atoms with Crippen molar-refractivity contribution in [2.45, 2.75) is 18.4 Å². The van der Waals surface area contributed by atoms with Gasteiger partial charge in [0, 0.05) is 39.2 Å². The molecule has 1 N–H and O–H groups in total. The highest BCUT2D eigenvalue weighted by molar-refractivity contribution is 8.19. The Morgan fingerprint density at radius 1 is 1.16 bits per heavy atom. The third-order valence-corrected chi connectivity index (χ3v) is 8.45. The van der Waals surface area contributed by atoms with Gasteiger partial charge in [-0.1, -0.05) is 23.7 Å². The van der Waals surface area contributed by atoms with Gasteiger partial charge in [0.15, 0.2) is 6.61 Å². The number of carbonyl (C=O) groups is 1. The fourth-order valence-electron chi connectivity index (χ4n) is 3.53. The summed E-state index contributed by atoms with van der Waals surface area (Å²) in [6, 6.07) is 17.7. The van der Waals surface area contributed by atoms with Crippen LogP contribution in [0.2, 0.25) is 5.02 Å². The van der Waals surface area contributed by atoms with E-state index in [0.29, 0.717) is 15.4 Å². The second kappa shape index (κ2) is 10.5. The van der Waals surface area contributed by atoms with Crippen LogP contribution >= 0.6 is 35.1 Å². The predicted octanol–water partition coefficient (Wildman–Crippen LogP) is 5.76. The van der Waals surface area contributed by atoms with Crippen LogP contribution in [0.1, 0.15) is 27.1 Å². The molecule has 3 aromatic rings. The van der Waals surface area contributed by atoms with Gasteiger partial charge in [0.25, 0.3) is 5.91 Å². The van der Waals surface area contributed by atoms with Crippen molar-refractivity contribution in [2.75, 3.05) is 18.1 Å². The summed E-state index contributed by atoms with van der Waals surface area (Å²) in [5.74, 6) is 2.75. The Kier molecular flexibility index (Phi) is 7.50. The van der Waals surface area contributed by atoms with Gasteiger partial charge in [0.2, 0.25) is 0 Å². The molecule has 1 aliphatic heterocycles. The lowest BCUT2D eigenvalue weighted by Gasteiger charge is -2.10. The van der Waals surface area contributed by atoms with Crippen LogP contribution in [0.4, 0.5) is 0 Å². The maximum absolute atomic E-state index is 12.1. The number of rotatable bonds is 7. The van der Waals surface area contributed by atoms with E-state index in [1.165, 1.54) is 17.1 Å². The molecule has 0 aliphatic carbocycles. The van der Waals surface area contributed by atoms with Crippen molar-refractivity contribution < 1.29 is 9.53 Å². The number of hydrogen-bond acceptors (Lipinski definition) is 5. The van der Waals surface area contributed by atoms with Crippen LogP contribution in [0.25, 0.3) is 5.69 Å². The van der Waals surface area contributed by atoms with E-state index in [2.05, 4.69) is 27.2 Å². The highest BCUT2D eigenvalue weighted by Gasteiger charge is 2.18. The van der Waals surface area contributed by atoms with Crippen LogP contribution in [0.5, 0.6) is 5.75 Å². The number of hydrazone groups is 1. The normalized spacial score (nSPS) is 14.2. The average Bonchev–Trinajstić information content (AvgIpc) is 3.42. The van der Waals surface area contributed by atoms with E-state index in [1.807, 2.05) is 79.8 Å². The van der Waals surface area contributed by atoms with Gasteiger partial charge in [-0.15, -0.1) is 23.5 Å². The van der Waals surface area contributed by atoms with Crippen molar-refractivity contribution in [3.63, 3.8) is 0 Å². The summed E-state index contributed by atoms with van der Waals surface area (Å²) >= 11 is 9.93. The number of nitrogens with one attached hydrogen (secondary N) is 1. The van der Waals surface area contributed by atoms with Crippen LogP contribution in [-0.4, -0.2) is 34.8 Å². The lowest BCUT2D eigenvalue weighted by molar-refractivity contribution is -0.123. The minimum Gasteiger partial charge on any atom is -0.484 e. The Hall–Kier alpha value is -2.35. The van der Waals surface area contributed by atoms with Gasteiger partial charge in [-0.3, -0.25) is 4.79 Å². The molecule has 8 heteroatoms. The van der Waals surface area contributed by atoms with E-state index in [0.717, 1.165) is 22.6 Å². The van der Waals surface area contributed by atoms with E-state index >= 15 is 0 Å². The van der Waals surface area contributed by atoms with Crippen LogP contribution in [0.15, 0.2) is 59.7 Å². The van der Waals surface area contributed by atoms with E-state index in [1.54, 1.807) is 6.21 Å². The van der Waals surface area contributed by atoms with Crippen molar-refractivity contribution in [3.05, 3.63) is 82.1 Å². The number of hydrogen-bond donors (Lipinski definition) is 1. The third-order valence-electron chi connectivity index (χ3n) is 5.09. The number of nitrogens with zero attached hydrogens (tertiary/aromatic N) is 2. The molecule has 166 valence electrons. The summed E-state index contributed by atoms with van der Waals surface area (Å²) in [4.78, 5) is 12.1. The smallest absolute Gasteiger partial charge is 0.277 e. The monoisotopic (exact) mass is 485 g/mol. The summed E-state index contributed by atoms with van der Waals surface area (Å²) in [6.07, 6.45) is 1.65. The summed E-state index contributed by atoms with van der Waals surface area (Å²) in [7, 11) is 0. The van der Waals surface area contributed by atoms with Gasteiger partial charge in [0.1, 0.15) is 5.75 Å². The van der Waals surface area contributed by atoms with Crippen LogP contribution in [-0.2, 0) is 4.79 Å². The van der Waals surface area contributed by atoms with Gasteiger partial charge in [0.05, 0.1) is 10.8 Å². The molecule has 2 aromatic carbocycles. The zero-order valence-electron chi connectivity index (χ0n) is 17.9. The van der Waals surface area contributed by atoms with Gasteiger partial charge >= 0.3 is 0 Å².